The summed E-state index contributed by atoms with van der Waals surface area (Å²) in [5.41, 5.74) is -0.420. The van der Waals surface area contributed by atoms with Gasteiger partial charge in [-0.2, -0.15) is 22.5 Å². The summed E-state index contributed by atoms with van der Waals surface area (Å²) in [6.07, 6.45) is 0.602. The van der Waals surface area contributed by atoms with Crippen molar-refractivity contribution in [1.29, 1.82) is 0 Å². The normalized spacial score (nSPS) is 17.2. The maximum atomic E-state index is 13.5. The van der Waals surface area contributed by atoms with Crippen LogP contribution in [0.5, 0.6) is 0 Å². The van der Waals surface area contributed by atoms with Gasteiger partial charge in [-0.25, -0.2) is 8.78 Å². The van der Waals surface area contributed by atoms with Crippen LogP contribution in [0.3, 0.4) is 0 Å². The zero-order chi connectivity index (χ0) is 18.1. The number of benzene rings is 1. The largest absolute Gasteiger partial charge is 0.380 e. The fourth-order valence-electron chi connectivity index (χ4n) is 2.80. The van der Waals surface area contributed by atoms with E-state index in [1.807, 2.05) is 0 Å². The molecule has 1 fully saturated rings. The fraction of sp³-hybridized carbons (Fsp3) is 0.312. The van der Waals surface area contributed by atoms with Crippen molar-refractivity contribution >= 4 is 11.4 Å². The van der Waals surface area contributed by atoms with Crippen molar-refractivity contribution in [3.63, 3.8) is 0 Å². The van der Waals surface area contributed by atoms with Crippen LogP contribution in [0.25, 0.3) is 0 Å². The summed E-state index contributed by atoms with van der Waals surface area (Å²) in [5, 5.41) is 2.37. The highest BCUT2D eigenvalue weighted by atomic mass is 19.2. The third-order valence-electron chi connectivity index (χ3n) is 4.12. The van der Waals surface area contributed by atoms with Crippen molar-refractivity contribution in [2.75, 3.05) is 29.9 Å². The Labute approximate surface area is 139 Å². The second kappa shape index (κ2) is 6.81. The molecule has 0 bridgehead atoms. The lowest BCUT2D eigenvalue weighted by Gasteiger charge is -2.19. The minimum Gasteiger partial charge on any atom is -0.380 e. The fourth-order valence-corrected chi connectivity index (χ4v) is 2.80. The Morgan fingerprint density at radius 3 is 2.32 bits per heavy atom. The van der Waals surface area contributed by atoms with Gasteiger partial charge in [-0.1, -0.05) is 0 Å². The molecule has 1 aliphatic heterocycles. The Bertz CT molecular complexity index is 772. The van der Waals surface area contributed by atoms with Gasteiger partial charge in [0.25, 0.3) is 11.9 Å². The SMILES string of the molecule is Fc1ccc(N2CCC(CNc3c(F)c(F)nc(F)c3F)C2)cc1F. The summed E-state index contributed by atoms with van der Waals surface area (Å²) >= 11 is 0. The van der Waals surface area contributed by atoms with E-state index < -0.39 is 40.9 Å². The van der Waals surface area contributed by atoms with E-state index in [4.69, 9.17) is 0 Å². The molecule has 25 heavy (non-hydrogen) atoms. The molecule has 1 atom stereocenters. The van der Waals surface area contributed by atoms with E-state index in [1.165, 1.54) is 6.07 Å². The second-order valence-corrected chi connectivity index (χ2v) is 5.78. The average Bonchev–Trinajstić information content (AvgIpc) is 3.04. The van der Waals surface area contributed by atoms with E-state index >= 15 is 0 Å². The maximum Gasteiger partial charge on any atom is 0.253 e. The van der Waals surface area contributed by atoms with Crippen molar-refractivity contribution in [2.45, 2.75) is 6.42 Å². The molecular weight excluding hydrogens is 348 g/mol. The summed E-state index contributed by atoms with van der Waals surface area (Å²) in [4.78, 5) is 4.27. The summed E-state index contributed by atoms with van der Waals surface area (Å²) in [7, 11) is 0. The van der Waals surface area contributed by atoms with Gasteiger partial charge in [0.1, 0.15) is 5.69 Å². The predicted molar refractivity (Wildman–Crippen MR) is 79.2 cm³/mol. The first-order chi connectivity index (χ1) is 11.9. The van der Waals surface area contributed by atoms with Gasteiger partial charge >= 0.3 is 0 Å². The van der Waals surface area contributed by atoms with E-state index in [2.05, 4.69) is 10.3 Å². The highest BCUT2D eigenvalue weighted by molar-refractivity contribution is 5.48. The van der Waals surface area contributed by atoms with Crippen LogP contribution < -0.4 is 10.2 Å². The van der Waals surface area contributed by atoms with Crippen molar-refractivity contribution in [1.82, 2.24) is 4.98 Å². The second-order valence-electron chi connectivity index (χ2n) is 5.78. The van der Waals surface area contributed by atoms with Crippen molar-refractivity contribution in [2.24, 2.45) is 5.92 Å². The van der Waals surface area contributed by atoms with Crippen molar-refractivity contribution in [3.8, 4) is 0 Å². The molecule has 134 valence electrons. The molecule has 1 saturated heterocycles. The predicted octanol–water partition coefficient (Wildman–Crippen LogP) is 3.85. The van der Waals surface area contributed by atoms with Crippen LogP contribution in [-0.2, 0) is 0 Å². The number of hydrogen-bond acceptors (Lipinski definition) is 3. The third-order valence-corrected chi connectivity index (χ3v) is 4.12. The Kier molecular flexibility index (Phi) is 4.73. The molecule has 1 unspecified atom stereocenters. The maximum absolute atomic E-state index is 13.5. The lowest BCUT2D eigenvalue weighted by Crippen LogP contribution is -2.23. The standard InChI is InChI=1S/C16H13F6N3/c17-10-2-1-9(5-11(10)18)25-4-3-8(7-25)6-23-14-12(19)15(21)24-16(22)13(14)20/h1-2,5,8H,3-4,6-7H2,(H,23,24). The quantitative estimate of drug-likeness (QED) is 0.662. The highest BCUT2D eigenvalue weighted by Crippen LogP contribution is 2.27. The molecule has 0 radical (unpaired) electrons. The lowest BCUT2D eigenvalue weighted by molar-refractivity contribution is 0.410. The molecule has 3 nitrogen and oxygen atoms in total. The van der Waals surface area contributed by atoms with E-state index in [1.54, 1.807) is 4.90 Å². The zero-order valence-electron chi connectivity index (χ0n) is 12.8. The van der Waals surface area contributed by atoms with E-state index in [-0.39, 0.29) is 12.5 Å². The Morgan fingerprint density at radius 2 is 1.68 bits per heavy atom. The smallest absolute Gasteiger partial charge is 0.253 e. The summed E-state index contributed by atoms with van der Waals surface area (Å²) in [5.74, 6) is -8.65. The number of hydrogen-bond donors (Lipinski definition) is 1. The number of nitrogens with zero attached hydrogens (tertiary/aromatic N) is 2. The number of pyridine rings is 1. The third kappa shape index (κ3) is 3.49. The Morgan fingerprint density at radius 1 is 1.00 bits per heavy atom. The number of halogens is 6. The molecule has 0 spiro atoms. The minimum absolute atomic E-state index is 0.0525. The van der Waals surface area contributed by atoms with Gasteiger partial charge in [0, 0.05) is 31.4 Å². The Hall–Kier alpha value is -2.45. The first kappa shape index (κ1) is 17.4. The van der Waals surface area contributed by atoms with Crippen LogP contribution in [0.15, 0.2) is 18.2 Å². The molecule has 1 aliphatic rings. The van der Waals surface area contributed by atoms with Gasteiger partial charge in [0.05, 0.1) is 0 Å². The van der Waals surface area contributed by atoms with E-state index in [0.29, 0.717) is 25.2 Å². The molecule has 1 N–H and O–H groups in total. The molecule has 9 heteroatoms. The van der Waals surface area contributed by atoms with E-state index in [0.717, 1.165) is 12.1 Å². The van der Waals surface area contributed by atoms with Gasteiger partial charge < -0.3 is 10.2 Å². The molecule has 1 aromatic heterocycles. The van der Waals surface area contributed by atoms with E-state index in [9.17, 15) is 26.3 Å². The van der Waals surface area contributed by atoms with Crippen LogP contribution in [-0.4, -0.2) is 24.6 Å². The lowest BCUT2D eigenvalue weighted by atomic mass is 10.1. The molecule has 0 saturated carbocycles. The van der Waals surface area contributed by atoms with Crippen molar-refractivity contribution < 1.29 is 26.3 Å². The molecule has 1 aromatic carbocycles. The molecule has 2 heterocycles. The number of anilines is 2. The molecule has 3 rings (SSSR count). The first-order valence-corrected chi connectivity index (χ1v) is 7.50. The van der Waals surface area contributed by atoms with Crippen molar-refractivity contribution in [3.05, 3.63) is 53.4 Å². The van der Waals surface area contributed by atoms with Crippen LogP contribution >= 0.6 is 0 Å². The summed E-state index contributed by atoms with van der Waals surface area (Å²) in [6.45, 7) is 0.996. The number of rotatable bonds is 4. The number of aromatic nitrogens is 1. The molecule has 2 aromatic rings. The molecular formula is C16H13F6N3. The summed E-state index contributed by atoms with van der Waals surface area (Å²) < 4.78 is 79.5. The zero-order valence-corrected chi connectivity index (χ0v) is 12.8. The van der Waals surface area contributed by atoms with Gasteiger partial charge in [-0.05, 0) is 24.5 Å². The average molecular weight is 361 g/mol. The minimum atomic E-state index is -1.73. The van der Waals surface area contributed by atoms with Gasteiger partial charge in [-0.15, -0.1) is 0 Å². The van der Waals surface area contributed by atoms with Gasteiger partial charge in [-0.3, -0.25) is 0 Å². The monoisotopic (exact) mass is 361 g/mol. The van der Waals surface area contributed by atoms with Gasteiger partial charge in [0.2, 0.25) is 11.6 Å². The highest BCUT2D eigenvalue weighted by Gasteiger charge is 2.26. The number of nitrogens with one attached hydrogen (secondary N) is 1. The van der Waals surface area contributed by atoms with Crippen LogP contribution in [0.4, 0.5) is 37.7 Å². The van der Waals surface area contributed by atoms with Crippen LogP contribution in [0.1, 0.15) is 6.42 Å². The summed E-state index contributed by atoms with van der Waals surface area (Å²) in [6, 6.07) is 3.52. The van der Waals surface area contributed by atoms with Gasteiger partial charge in [0.15, 0.2) is 11.6 Å². The molecule has 0 amide bonds. The first-order valence-electron chi connectivity index (χ1n) is 7.50. The topological polar surface area (TPSA) is 28.2 Å². The Balaban J connectivity index is 1.65. The van der Waals surface area contributed by atoms with Crippen LogP contribution in [0.2, 0.25) is 0 Å². The molecule has 0 aliphatic carbocycles. The van der Waals surface area contributed by atoms with Crippen LogP contribution in [0, 0.1) is 41.1 Å².